The van der Waals surface area contributed by atoms with E-state index in [0.717, 1.165) is 0 Å². The standard InChI is InChI=1S/C23H40O12/c1-31-14-3-9(4-15(32-2)18(14)27)22-16(7-11-12(26)5-10(25)6-13(11)33-22)34-23-21(30)20(29)19(28)17(8-24)35-23/h9-30H,3-8H2,1-2H3/p+1/t9?,10?,11?,12?,13?,14?,15?,16?,17-,18?,19-,20+,21-,22?,23+/m1/s1. The largest absolute Gasteiger partial charge is 0.427 e. The van der Waals surface area contributed by atoms with E-state index in [2.05, 4.69) is 0 Å². The molecule has 12 nitrogen and oxygen atoms in total. The first kappa shape index (κ1) is 27.6. The van der Waals surface area contributed by atoms with Crippen LogP contribution in [0.3, 0.4) is 0 Å². The molecule has 4 aliphatic rings. The lowest BCUT2D eigenvalue weighted by atomic mass is 9.72. The lowest BCUT2D eigenvalue weighted by molar-refractivity contribution is -0.357. The highest BCUT2D eigenvalue weighted by molar-refractivity contribution is 5.00. The molecule has 35 heavy (non-hydrogen) atoms. The van der Waals surface area contributed by atoms with Gasteiger partial charge in [0.05, 0.1) is 36.9 Å². The van der Waals surface area contributed by atoms with Crippen molar-refractivity contribution in [1.29, 1.82) is 0 Å². The lowest BCUT2D eigenvalue weighted by Crippen LogP contribution is -2.63. The van der Waals surface area contributed by atoms with Gasteiger partial charge in [0, 0.05) is 33.0 Å². The maximum atomic E-state index is 10.7. The quantitative estimate of drug-likeness (QED) is 0.178. The first-order valence-corrected chi connectivity index (χ1v) is 12.4. The van der Waals surface area contributed by atoms with Crippen LogP contribution in [0.25, 0.3) is 0 Å². The van der Waals surface area contributed by atoms with E-state index in [1.165, 1.54) is 14.2 Å². The smallest absolute Gasteiger partial charge is 0.187 e. The molecule has 2 heterocycles. The van der Waals surface area contributed by atoms with Crippen LogP contribution < -0.4 is 0 Å². The van der Waals surface area contributed by atoms with Gasteiger partial charge in [0.25, 0.3) is 0 Å². The minimum absolute atomic E-state index is 0.139. The summed E-state index contributed by atoms with van der Waals surface area (Å²) >= 11 is 0. The van der Waals surface area contributed by atoms with Crippen LogP contribution in [0, 0.1) is 11.8 Å². The van der Waals surface area contributed by atoms with Crippen LogP contribution in [0.5, 0.6) is 0 Å². The SMILES string of the molecule is COC1CC(C2[OH+]C3CC(O)CC(O)C3CC2O[C@H]2O[C@H](CO)[C@@H](O)[C@H](O)[C@H]2O)CC(OC)C1O. The second-order valence-electron chi connectivity index (χ2n) is 10.4. The number of aliphatic hydroxyl groups is 9. The summed E-state index contributed by atoms with van der Waals surface area (Å²) in [7, 11) is 3.04. The van der Waals surface area contributed by atoms with Gasteiger partial charge in [-0.25, -0.2) is 0 Å². The van der Waals surface area contributed by atoms with E-state index in [4.69, 9.17) is 23.7 Å². The van der Waals surface area contributed by atoms with Gasteiger partial charge in [-0.3, -0.25) is 0 Å². The van der Waals surface area contributed by atoms with Gasteiger partial charge in [-0.2, -0.15) is 0 Å². The molecule has 204 valence electrons. The minimum atomic E-state index is -1.58. The van der Waals surface area contributed by atoms with Crippen molar-refractivity contribution >= 4 is 0 Å². The molecule has 0 aromatic heterocycles. The zero-order valence-electron chi connectivity index (χ0n) is 20.1. The van der Waals surface area contributed by atoms with Crippen molar-refractivity contribution in [3.8, 4) is 0 Å². The molecule has 8 N–H and O–H groups in total. The normalized spacial score (nSPS) is 53.2. The fraction of sp³-hybridized carbons (Fsp3) is 1.00. The topological polar surface area (TPSA) is 191 Å². The average molecular weight is 510 g/mol. The predicted octanol–water partition coefficient (Wildman–Crippen LogP) is -3.23. The molecule has 12 heteroatoms. The van der Waals surface area contributed by atoms with Crippen LogP contribution in [0.4, 0.5) is 0 Å². The van der Waals surface area contributed by atoms with Crippen LogP contribution in [0.15, 0.2) is 0 Å². The van der Waals surface area contributed by atoms with Crippen molar-refractivity contribution in [3.63, 3.8) is 0 Å². The fourth-order valence-corrected chi connectivity index (χ4v) is 6.34. The number of rotatable bonds is 6. The summed E-state index contributed by atoms with van der Waals surface area (Å²) in [6, 6.07) is 0. The van der Waals surface area contributed by atoms with Crippen molar-refractivity contribution in [1.82, 2.24) is 0 Å². The van der Waals surface area contributed by atoms with Crippen molar-refractivity contribution in [2.24, 2.45) is 11.8 Å². The monoisotopic (exact) mass is 509 g/mol. The van der Waals surface area contributed by atoms with Gasteiger partial charge in [0.15, 0.2) is 18.5 Å². The molecule has 8 unspecified atom stereocenters. The zero-order chi connectivity index (χ0) is 25.4. The van der Waals surface area contributed by atoms with Crippen molar-refractivity contribution in [2.45, 2.75) is 112 Å². The highest BCUT2D eigenvalue weighted by Gasteiger charge is 2.55. The molecule has 0 aromatic rings. The summed E-state index contributed by atoms with van der Waals surface area (Å²) in [5.41, 5.74) is 0. The fourth-order valence-electron chi connectivity index (χ4n) is 6.34. The van der Waals surface area contributed by atoms with Crippen LogP contribution in [-0.2, 0) is 18.9 Å². The molecule has 0 spiro atoms. The predicted molar refractivity (Wildman–Crippen MR) is 118 cm³/mol. The maximum absolute atomic E-state index is 10.7. The molecule has 2 saturated heterocycles. The Hall–Kier alpha value is -0.480. The number of ether oxygens (including phenoxy) is 5. The summed E-state index contributed by atoms with van der Waals surface area (Å²) in [4.78, 5) is 0. The van der Waals surface area contributed by atoms with Gasteiger partial charge >= 0.3 is 0 Å². The number of fused-ring (bicyclic) bond motifs is 1. The average Bonchev–Trinajstić information content (AvgIpc) is 2.84. The molecule has 0 radical (unpaired) electrons. The van der Waals surface area contributed by atoms with Crippen molar-refractivity contribution in [2.75, 3.05) is 20.8 Å². The molecule has 0 bridgehead atoms. The number of hydrogen-bond donors (Lipinski definition) is 7. The first-order chi connectivity index (χ1) is 16.7. The second kappa shape index (κ2) is 11.5. The second-order valence-corrected chi connectivity index (χ2v) is 10.4. The van der Waals surface area contributed by atoms with E-state index in [1.54, 1.807) is 0 Å². The Morgan fingerprint density at radius 3 is 2.03 bits per heavy atom. The molecule has 0 aromatic carbocycles. The molecule has 2 saturated carbocycles. The van der Waals surface area contributed by atoms with Crippen LogP contribution in [-0.4, -0.2) is 141 Å². The molecule has 2 aliphatic carbocycles. The number of aliphatic hydroxyl groups excluding tert-OH is 7. The summed E-state index contributed by atoms with van der Waals surface area (Å²) in [6.07, 6.45) is -9.70. The Kier molecular flexibility index (Phi) is 9.05. The van der Waals surface area contributed by atoms with Gasteiger partial charge in [-0.1, -0.05) is 0 Å². The van der Waals surface area contributed by atoms with E-state index in [-0.39, 0.29) is 24.4 Å². The molecule has 0 amide bonds. The third kappa shape index (κ3) is 5.54. The summed E-state index contributed by atoms with van der Waals surface area (Å²) < 4.78 is 27.8. The van der Waals surface area contributed by atoms with E-state index in [9.17, 15) is 35.7 Å². The van der Waals surface area contributed by atoms with E-state index in [1.807, 2.05) is 0 Å². The third-order valence-electron chi connectivity index (χ3n) is 8.34. The minimum Gasteiger partial charge on any atom is -0.427 e. The van der Waals surface area contributed by atoms with Gasteiger partial charge < -0.3 is 59.4 Å². The third-order valence-corrected chi connectivity index (χ3v) is 8.34. The molecule has 2 aliphatic heterocycles. The molecule has 4 rings (SSSR count). The van der Waals surface area contributed by atoms with Gasteiger partial charge in [0.2, 0.25) is 0 Å². The van der Waals surface area contributed by atoms with Crippen molar-refractivity contribution in [3.05, 3.63) is 0 Å². The van der Waals surface area contributed by atoms with Crippen molar-refractivity contribution < 1.29 is 59.4 Å². The summed E-state index contributed by atoms with van der Waals surface area (Å²) in [6.45, 7) is -0.573. The Balaban J connectivity index is 1.58. The van der Waals surface area contributed by atoms with Gasteiger partial charge in [-0.05, 0) is 19.3 Å². The molecular formula is C23H41O12+. The maximum Gasteiger partial charge on any atom is 0.187 e. The molecule has 13 atom stereocenters. The van der Waals surface area contributed by atoms with Gasteiger partial charge in [-0.15, -0.1) is 0 Å². The van der Waals surface area contributed by atoms with Crippen LogP contribution >= 0.6 is 0 Å². The van der Waals surface area contributed by atoms with E-state index < -0.39 is 80.0 Å². The Morgan fingerprint density at radius 2 is 1.43 bits per heavy atom. The number of methoxy groups -OCH3 is 2. The Labute approximate surface area is 204 Å². The number of hydrogen-bond acceptors (Lipinski definition) is 11. The highest BCUT2D eigenvalue weighted by atomic mass is 16.7. The zero-order valence-corrected chi connectivity index (χ0v) is 20.1. The van der Waals surface area contributed by atoms with Crippen LogP contribution in [0.1, 0.15) is 32.1 Å². The van der Waals surface area contributed by atoms with Crippen LogP contribution in [0.2, 0.25) is 0 Å². The summed E-state index contributed by atoms with van der Waals surface area (Å²) in [5.74, 6) is -0.407. The lowest BCUT2D eigenvalue weighted by Gasteiger charge is -2.49. The van der Waals surface area contributed by atoms with Gasteiger partial charge in [0.1, 0.15) is 36.6 Å². The summed E-state index contributed by atoms with van der Waals surface area (Å²) in [5, 5.41) is 71.9. The highest BCUT2D eigenvalue weighted by Crippen LogP contribution is 2.42. The van der Waals surface area contributed by atoms with E-state index in [0.29, 0.717) is 25.7 Å². The Bertz CT molecular complexity index is 667. The molecule has 4 fully saturated rings. The first-order valence-electron chi connectivity index (χ1n) is 12.4. The van der Waals surface area contributed by atoms with E-state index >= 15 is 0 Å². The Morgan fingerprint density at radius 1 is 0.771 bits per heavy atom. The molecular weight excluding hydrogens is 468 g/mol.